The Labute approximate surface area is 171 Å². The zero-order valence-corrected chi connectivity index (χ0v) is 16.3. The van der Waals surface area contributed by atoms with Crippen LogP contribution in [0.15, 0.2) is 42.6 Å². The van der Waals surface area contributed by atoms with Crippen molar-refractivity contribution >= 4 is 17.5 Å². The molecular weight excluding hydrogens is 407 g/mol. The molecule has 1 aliphatic rings. The second kappa shape index (κ2) is 9.45. The van der Waals surface area contributed by atoms with Gasteiger partial charge in [-0.3, -0.25) is 9.69 Å². The molecule has 1 aromatic carbocycles. The molecule has 1 amide bonds. The molecule has 2 heterocycles. The van der Waals surface area contributed by atoms with E-state index < -0.39 is 12.8 Å². The molecule has 2 aromatic rings. The van der Waals surface area contributed by atoms with Gasteiger partial charge in [-0.1, -0.05) is 23.7 Å². The summed E-state index contributed by atoms with van der Waals surface area (Å²) < 4.78 is 41.1. The number of benzene rings is 1. The van der Waals surface area contributed by atoms with E-state index in [4.69, 9.17) is 11.6 Å². The van der Waals surface area contributed by atoms with Crippen molar-refractivity contribution in [2.75, 3.05) is 26.2 Å². The first-order valence-corrected chi connectivity index (χ1v) is 9.63. The third-order valence-electron chi connectivity index (χ3n) is 4.65. The number of likely N-dealkylation sites (tertiary alicyclic amines) is 1. The molecule has 9 heteroatoms. The van der Waals surface area contributed by atoms with E-state index in [1.807, 2.05) is 18.2 Å². The van der Waals surface area contributed by atoms with Crippen molar-refractivity contribution in [3.8, 4) is 5.88 Å². The molecule has 1 unspecified atom stereocenters. The SMILES string of the molecule is O=C(NCC(c1cccc(Cl)c1)N1CCCC1)c1ccc(OCC(F)(F)F)nc1. The largest absolute Gasteiger partial charge is 0.468 e. The Morgan fingerprint density at radius 1 is 1.24 bits per heavy atom. The van der Waals surface area contributed by atoms with Crippen LogP contribution in [0, 0.1) is 0 Å². The number of aromatic nitrogens is 1. The van der Waals surface area contributed by atoms with Gasteiger partial charge in [0.1, 0.15) is 0 Å². The number of ether oxygens (including phenoxy) is 1. The minimum atomic E-state index is -4.44. The van der Waals surface area contributed by atoms with Crippen molar-refractivity contribution in [2.24, 2.45) is 0 Å². The number of hydrogen-bond acceptors (Lipinski definition) is 4. The Morgan fingerprint density at radius 3 is 2.62 bits per heavy atom. The van der Waals surface area contributed by atoms with Gasteiger partial charge < -0.3 is 10.1 Å². The van der Waals surface area contributed by atoms with E-state index in [1.54, 1.807) is 6.07 Å². The zero-order valence-electron chi connectivity index (χ0n) is 15.6. The molecule has 1 fully saturated rings. The Balaban J connectivity index is 1.62. The van der Waals surface area contributed by atoms with Gasteiger partial charge in [-0.15, -0.1) is 0 Å². The average molecular weight is 428 g/mol. The van der Waals surface area contributed by atoms with Gasteiger partial charge in [-0.25, -0.2) is 4.98 Å². The fourth-order valence-electron chi connectivity index (χ4n) is 3.27. The molecule has 1 N–H and O–H groups in total. The summed E-state index contributed by atoms with van der Waals surface area (Å²) in [4.78, 5) is 18.5. The number of alkyl halides is 3. The maximum Gasteiger partial charge on any atom is 0.422 e. The molecule has 5 nitrogen and oxygen atoms in total. The Bertz CT molecular complexity index is 824. The van der Waals surface area contributed by atoms with Crippen molar-refractivity contribution in [3.05, 3.63) is 58.7 Å². The van der Waals surface area contributed by atoms with Gasteiger partial charge >= 0.3 is 6.18 Å². The van der Waals surface area contributed by atoms with Gasteiger partial charge in [0.05, 0.1) is 11.6 Å². The lowest BCUT2D eigenvalue weighted by Gasteiger charge is -2.28. The van der Waals surface area contributed by atoms with Crippen LogP contribution in [-0.4, -0.2) is 48.2 Å². The van der Waals surface area contributed by atoms with Gasteiger partial charge in [0.15, 0.2) is 6.61 Å². The van der Waals surface area contributed by atoms with Crippen LogP contribution < -0.4 is 10.1 Å². The Kier molecular flexibility index (Phi) is 6.97. The van der Waals surface area contributed by atoms with Crippen molar-refractivity contribution < 1.29 is 22.7 Å². The third kappa shape index (κ3) is 6.33. The number of pyridine rings is 1. The molecule has 0 radical (unpaired) electrons. The van der Waals surface area contributed by atoms with Crippen LogP contribution in [0.1, 0.15) is 34.8 Å². The molecular formula is C20H21ClF3N3O2. The van der Waals surface area contributed by atoms with Gasteiger partial charge in [-0.2, -0.15) is 13.2 Å². The van der Waals surface area contributed by atoms with Gasteiger partial charge in [-0.05, 0) is 49.7 Å². The topological polar surface area (TPSA) is 54.5 Å². The highest BCUT2D eigenvalue weighted by Gasteiger charge is 2.28. The minimum Gasteiger partial charge on any atom is -0.468 e. The number of amides is 1. The molecule has 29 heavy (non-hydrogen) atoms. The highest BCUT2D eigenvalue weighted by atomic mass is 35.5. The fourth-order valence-corrected chi connectivity index (χ4v) is 3.47. The molecule has 1 aromatic heterocycles. The van der Waals surface area contributed by atoms with Crippen LogP contribution in [-0.2, 0) is 0 Å². The van der Waals surface area contributed by atoms with Gasteiger partial charge in [0.2, 0.25) is 5.88 Å². The van der Waals surface area contributed by atoms with Gasteiger partial charge in [0, 0.05) is 23.8 Å². The minimum absolute atomic E-state index is 0.0116. The average Bonchev–Trinajstić information content (AvgIpc) is 3.21. The first kappa shape index (κ1) is 21.4. The number of carbonyl (C=O) groups is 1. The van der Waals surface area contributed by atoms with E-state index >= 15 is 0 Å². The lowest BCUT2D eigenvalue weighted by atomic mass is 10.1. The first-order valence-electron chi connectivity index (χ1n) is 9.25. The standard InChI is InChI=1S/C20H21ClF3N3O2/c21-16-5-3-4-14(10-16)17(27-8-1-2-9-27)12-26-19(28)15-6-7-18(25-11-15)29-13-20(22,23)24/h3-7,10-11,17H,1-2,8-9,12-13H2,(H,26,28). The summed E-state index contributed by atoms with van der Waals surface area (Å²) in [5.74, 6) is -0.543. The third-order valence-corrected chi connectivity index (χ3v) is 4.89. The van der Waals surface area contributed by atoms with E-state index in [-0.39, 0.29) is 23.4 Å². The zero-order chi connectivity index (χ0) is 20.9. The molecule has 1 aliphatic heterocycles. The number of halogens is 4. The number of nitrogens with zero attached hydrogens (tertiary/aromatic N) is 2. The smallest absolute Gasteiger partial charge is 0.422 e. The molecule has 1 atom stereocenters. The normalized spacial score (nSPS) is 15.9. The summed E-state index contributed by atoms with van der Waals surface area (Å²) in [6.45, 7) is 0.841. The van der Waals surface area contributed by atoms with Crippen molar-refractivity contribution in [3.63, 3.8) is 0 Å². The lowest BCUT2D eigenvalue weighted by Crippen LogP contribution is -2.36. The summed E-state index contributed by atoms with van der Waals surface area (Å²) in [6, 6.07) is 10.2. The molecule has 0 saturated carbocycles. The molecule has 0 spiro atoms. The summed E-state index contributed by atoms with van der Waals surface area (Å²) >= 11 is 6.13. The maximum atomic E-state index is 12.5. The monoisotopic (exact) mass is 427 g/mol. The Hall–Kier alpha value is -2.32. The van der Waals surface area contributed by atoms with E-state index in [1.165, 1.54) is 18.3 Å². The highest BCUT2D eigenvalue weighted by Crippen LogP contribution is 2.26. The Morgan fingerprint density at radius 2 is 2.00 bits per heavy atom. The van der Waals surface area contributed by atoms with Crippen LogP contribution in [0.3, 0.4) is 0 Å². The first-order chi connectivity index (χ1) is 13.8. The van der Waals surface area contributed by atoms with Crippen LogP contribution >= 0.6 is 11.6 Å². The van der Waals surface area contributed by atoms with E-state index in [0.717, 1.165) is 31.5 Å². The molecule has 3 rings (SSSR count). The van der Waals surface area contributed by atoms with Crippen molar-refractivity contribution in [1.82, 2.24) is 15.2 Å². The summed E-state index contributed by atoms with van der Waals surface area (Å²) in [7, 11) is 0. The van der Waals surface area contributed by atoms with E-state index in [0.29, 0.717) is 11.6 Å². The predicted molar refractivity (Wildman–Crippen MR) is 103 cm³/mol. The number of rotatable bonds is 7. The lowest BCUT2D eigenvalue weighted by molar-refractivity contribution is -0.154. The quantitative estimate of drug-likeness (QED) is 0.718. The van der Waals surface area contributed by atoms with Crippen LogP contribution in [0.4, 0.5) is 13.2 Å². The van der Waals surface area contributed by atoms with Gasteiger partial charge in [0.25, 0.3) is 5.91 Å². The highest BCUT2D eigenvalue weighted by molar-refractivity contribution is 6.30. The number of carbonyl (C=O) groups excluding carboxylic acids is 1. The molecule has 0 bridgehead atoms. The number of nitrogens with one attached hydrogen (secondary N) is 1. The summed E-state index contributed by atoms with van der Waals surface area (Å²) in [6.07, 6.45) is -1.03. The van der Waals surface area contributed by atoms with Crippen molar-refractivity contribution in [2.45, 2.75) is 25.1 Å². The molecule has 156 valence electrons. The van der Waals surface area contributed by atoms with E-state index in [9.17, 15) is 18.0 Å². The number of hydrogen-bond donors (Lipinski definition) is 1. The fraction of sp³-hybridized carbons (Fsp3) is 0.400. The maximum absolute atomic E-state index is 12.5. The second-order valence-corrected chi connectivity index (χ2v) is 7.25. The van der Waals surface area contributed by atoms with Crippen LogP contribution in [0.5, 0.6) is 5.88 Å². The summed E-state index contributed by atoms with van der Waals surface area (Å²) in [5.41, 5.74) is 1.27. The molecule has 0 aliphatic carbocycles. The van der Waals surface area contributed by atoms with Crippen molar-refractivity contribution in [1.29, 1.82) is 0 Å². The summed E-state index contributed by atoms with van der Waals surface area (Å²) in [5, 5.41) is 3.52. The molecule has 1 saturated heterocycles. The predicted octanol–water partition coefficient (Wildman–Crippen LogP) is 4.24. The van der Waals surface area contributed by atoms with Crippen LogP contribution in [0.25, 0.3) is 0 Å². The van der Waals surface area contributed by atoms with E-state index in [2.05, 4.69) is 19.9 Å². The van der Waals surface area contributed by atoms with Crippen LogP contribution in [0.2, 0.25) is 5.02 Å². The second-order valence-electron chi connectivity index (χ2n) is 6.81.